The summed E-state index contributed by atoms with van der Waals surface area (Å²) in [6.07, 6.45) is 2.32. The fourth-order valence-electron chi connectivity index (χ4n) is 6.21. The highest BCUT2D eigenvalue weighted by atomic mass is 79.9. The van der Waals surface area contributed by atoms with E-state index >= 15 is 17.6 Å². The van der Waals surface area contributed by atoms with E-state index in [4.69, 9.17) is 0 Å². The Morgan fingerprint density at radius 3 is 1.39 bits per heavy atom. The van der Waals surface area contributed by atoms with Crippen molar-refractivity contribution in [3.05, 3.63) is 144 Å². The van der Waals surface area contributed by atoms with Crippen molar-refractivity contribution in [1.29, 1.82) is 0 Å². The third kappa shape index (κ3) is 5.81. The van der Waals surface area contributed by atoms with E-state index in [1.54, 1.807) is 6.08 Å². The summed E-state index contributed by atoms with van der Waals surface area (Å²) < 4.78 is 148. The monoisotopic (exact) mass is 756 g/mol. The van der Waals surface area contributed by atoms with Gasteiger partial charge in [0.1, 0.15) is 0 Å². The molecule has 256 valence electrons. The molecule has 0 radical (unpaired) electrons. The molecule has 0 saturated heterocycles. The van der Waals surface area contributed by atoms with Crippen molar-refractivity contribution < 1.29 is 43.9 Å². The molecule has 0 fully saturated rings. The number of aromatic amines is 3. The predicted octanol–water partition coefficient (Wildman–Crippen LogP) is 10.4. The molecule has 0 saturated carbocycles. The fraction of sp³-hybridized carbons (Fsp3) is 0.206. The number of nitrogens with one attached hydrogen (secondary N) is 3. The summed E-state index contributed by atoms with van der Waals surface area (Å²) in [5.41, 5.74) is -1.68. The third-order valence-corrected chi connectivity index (χ3v) is 8.90. The van der Waals surface area contributed by atoms with Crippen molar-refractivity contribution in [2.75, 3.05) is 0 Å². The van der Waals surface area contributed by atoms with Gasteiger partial charge in [0.25, 0.3) is 0 Å². The van der Waals surface area contributed by atoms with Crippen LogP contribution >= 0.6 is 15.9 Å². The number of rotatable bonds is 7. The van der Waals surface area contributed by atoms with Gasteiger partial charge in [0, 0.05) is 56.4 Å². The standard InChI is InChI=1S/C34H23BrF10N4/c1-12-11-34(2,3)18(46-12)10-13-4-5-14(47-13)20(22-24(36)28(40)32(44)29(41)25(22)37)15-6-7-16(48-15)21(17-8-9-19(35)49-17)23-26(38)30(42)33(45)31(43)27(23)39/h4-10,20-21,47-49H,11H2,1-3H3/b18-10-. The smallest absolute Gasteiger partial charge is 0.200 e. The molecule has 0 amide bonds. The van der Waals surface area contributed by atoms with Crippen molar-refractivity contribution in [3.8, 4) is 0 Å². The Labute approximate surface area is 280 Å². The molecule has 1 aliphatic rings. The lowest BCUT2D eigenvalue weighted by Gasteiger charge is -2.20. The number of hydrogen-bond acceptors (Lipinski definition) is 1. The number of halogens is 11. The van der Waals surface area contributed by atoms with Crippen LogP contribution in [0.3, 0.4) is 0 Å². The number of H-pyrrole nitrogens is 3. The second kappa shape index (κ2) is 12.4. The topological polar surface area (TPSA) is 59.7 Å². The summed E-state index contributed by atoms with van der Waals surface area (Å²) in [5, 5.41) is 0. The highest BCUT2D eigenvalue weighted by molar-refractivity contribution is 9.10. The molecule has 6 rings (SSSR count). The van der Waals surface area contributed by atoms with Gasteiger partial charge in [0.2, 0.25) is 11.6 Å². The van der Waals surface area contributed by atoms with Crippen molar-refractivity contribution in [2.45, 2.75) is 39.0 Å². The number of allylic oxidation sites excluding steroid dienone is 1. The van der Waals surface area contributed by atoms with E-state index in [2.05, 4.69) is 35.9 Å². The van der Waals surface area contributed by atoms with E-state index in [0.29, 0.717) is 17.8 Å². The van der Waals surface area contributed by atoms with E-state index in [0.717, 1.165) is 17.8 Å². The Bertz CT molecular complexity index is 2130. The molecule has 1 aliphatic heterocycles. The van der Waals surface area contributed by atoms with Gasteiger partial charge in [-0.3, -0.25) is 4.99 Å². The lowest BCUT2D eigenvalue weighted by Crippen LogP contribution is -2.16. The highest BCUT2D eigenvalue weighted by Crippen LogP contribution is 2.42. The molecule has 2 atom stereocenters. The minimum atomic E-state index is -2.39. The van der Waals surface area contributed by atoms with Gasteiger partial charge in [0.05, 0.1) is 16.4 Å². The first-order valence-electron chi connectivity index (χ1n) is 14.5. The normalized spacial score (nSPS) is 16.4. The van der Waals surface area contributed by atoms with Gasteiger partial charge in [-0.05, 0) is 71.7 Å². The van der Waals surface area contributed by atoms with E-state index < -0.39 is 81.1 Å². The Morgan fingerprint density at radius 1 is 0.592 bits per heavy atom. The molecule has 3 aromatic heterocycles. The van der Waals surface area contributed by atoms with Crippen LogP contribution < -0.4 is 0 Å². The summed E-state index contributed by atoms with van der Waals surface area (Å²) in [7, 11) is 0. The SMILES string of the molecule is CC1=N/C(=C\c2ccc(C(c3ccc(C(c4ccc(Br)[nH]4)c4c(F)c(F)c(F)c(F)c4F)[nH]3)c3c(F)c(F)c(F)c(F)c3F)[nH]2)C(C)(C)C1. The lowest BCUT2D eigenvalue weighted by atomic mass is 9.86. The minimum absolute atomic E-state index is 0.0737. The maximum Gasteiger partial charge on any atom is 0.200 e. The Balaban J connectivity index is 1.56. The van der Waals surface area contributed by atoms with Crippen molar-refractivity contribution >= 4 is 27.7 Å². The molecule has 4 heterocycles. The predicted molar refractivity (Wildman–Crippen MR) is 164 cm³/mol. The van der Waals surface area contributed by atoms with Gasteiger partial charge in [-0.2, -0.15) is 0 Å². The lowest BCUT2D eigenvalue weighted by molar-refractivity contribution is 0.368. The molecule has 3 N–H and O–H groups in total. The molecule has 49 heavy (non-hydrogen) atoms. The average molecular weight is 757 g/mol. The van der Waals surface area contributed by atoms with Crippen molar-refractivity contribution in [3.63, 3.8) is 0 Å². The maximum absolute atomic E-state index is 15.4. The van der Waals surface area contributed by atoms with Crippen LogP contribution in [-0.2, 0) is 0 Å². The molecule has 0 aliphatic carbocycles. The zero-order valence-electron chi connectivity index (χ0n) is 25.5. The molecule has 4 nitrogen and oxygen atoms in total. The fourth-order valence-corrected chi connectivity index (χ4v) is 6.57. The van der Waals surface area contributed by atoms with Crippen LogP contribution in [0, 0.1) is 63.6 Å². The van der Waals surface area contributed by atoms with Crippen LogP contribution in [0.15, 0.2) is 51.7 Å². The number of aliphatic imine (C=N–C) groups is 1. The second-order valence-electron chi connectivity index (χ2n) is 12.3. The number of benzene rings is 2. The highest BCUT2D eigenvalue weighted by Gasteiger charge is 2.37. The molecule has 15 heteroatoms. The summed E-state index contributed by atoms with van der Waals surface area (Å²) in [6, 6.07) is 7.80. The summed E-state index contributed by atoms with van der Waals surface area (Å²) in [5.74, 6) is -25.8. The number of hydrogen-bond donors (Lipinski definition) is 3. The molecular weight excluding hydrogens is 734 g/mol. The van der Waals surface area contributed by atoms with Gasteiger partial charge in [-0.15, -0.1) is 0 Å². The largest absolute Gasteiger partial charge is 0.361 e. The van der Waals surface area contributed by atoms with E-state index in [9.17, 15) is 26.3 Å². The minimum Gasteiger partial charge on any atom is -0.361 e. The quantitative estimate of drug-likeness (QED) is 0.0842. The van der Waals surface area contributed by atoms with Crippen LogP contribution in [0.4, 0.5) is 43.9 Å². The first kappa shape index (κ1) is 34.3. The van der Waals surface area contributed by atoms with Crippen LogP contribution in [0.2, 0.25) is 0 Å². The number of nitrogens with zero attached hydrogens (tertiary/aromatic N) is 1. The molecule has 0 spiro atoms. The van der Waals surface area contributed by atoms with Crippen LogP contribution in [0.1, 0.15) is 78.6 Å². The Morgan fingerprint density at radius 2 is 0.980 bits per heavy atom. The van der Waals surface area contributed by atoms with E-state index in [-0.39, 0.29) is 32.8 Å². The van der Waals surface area contributed by atoms with Gasteiger partial charge in [-0.1, -0.05) is 13.8 Å². The van der Waals surface area contributed by atoms with Crippen LogP contribution in [-0.4, -0.2) is 20.7 Å². The number of aromatic nitrogens is 3. The van der Waals surface area contributed by atoms with Crippen LogP contribution in [0.25, 0.3) is 6.08 Å². The summed E-state index contributed by atoms with van der Waals surface area (Å²) in [4.78, 5) is 12.9. The maximum atomic E-state index is 15.4. The average Bonchev–Trinajstić information content (AvgIpc) is 3.86. The molecule has 5 aromatic rings. The molecule has 0 bridgehead atoms. The van der Waals surface area contributed by atoms with Crippen LogP contribution in [0.5, 0.6) is 0 Å². The zero-order valence-corrected chi connectivity index (χ0v) is 27.1. The Kier molecular flexibility index (Phi) is 8.70. The molecular formula is C34H23BrF10N4. The van der Waals surface area contributed by atoms with Gasteiger partial charge < -0.3 is 15.0 Å². The first-order valence-corrected chi connectivity index (χ1v) is 15.3. The molecule has 2 aromatic carbocycles. The summed E-state index contributed by atoms with van der Waals surface area (Å²) >= 11 is 3.13. The molecule has 2 unspecified atom stereocenters. The Hall–Kier alpha value is -4.53. The van der Waals surface area contributed by atoms with Gasteiger partial charge in [-0.25, -0.2) is 43.9 Å². The van der Waals surface area contributed by atoms with Gasteiger partial charge in [0.15, 0.2) is 46.5 Å². The van der Waals surface area contributed by atoms with Crippen molar-refractivity contribution in [1.82, 2.24) is 15.0 Å². The van der Waals surface area contributed by atoms with E-state index in [1.807, 2.05) is 20.8 Å². The zero-order chi connectivity index (χ0) is 35.7. The van der Waals surface area contributed by atoms with E-state index in [1.165, 1.54) is 24.3 Å². The van der Waals surface area contributed by atoms with Gasteiger partial charge >= 0.3 is 0 Å². The third-order valence-electron chi connectivity index (χ3n) is 8.44. The van der Waals surface area contributed by atoms with Crippen molar-refractivity contribution in [2.24, 2.45) is 10.4 Å². The first-order chi connectivity index (χ1) is 23.0. The summed E-state index contributed by atoms with van der Waals surface area (Å²) in [6.45, 7) is 5.74. The second-order valence-corrected chi connectivity index (χ2v) is 13.1.